The fraction of sp³-hybridized carbons (Fsp3) is 0.625. The van der Waals surface area contributed by atoms with Crippen LogP contribution in [0.15, 0.2) is 17.0 Å². The fourth-order valence-corrected chi connectivity index (χ4v) is 2.70. The zero-order valence-corrected chi connectivity index (χ0v) is 16.1. The van der Waals surface area contributed by atoms with Crippen LogP contribution in [-0.2, 0) is 21.8 Å². The molecular formula is C16H28ClNO3S. The van der Waals surface area contributed by atoms with Gasteiger partial charge in [-0.25, -0.2) is 8.42 Å². The number of benzene rings is 1. The standard InChI is InChI=1S/C16H27NO3S.ClH/c1-15(2,3)12-8-11(10-17-16(4,5)6)14(18)13(9-12)21(7,19)20;/h8-9,17-18H,10H2,1-7H3;1H. The third-order valence-electron chi connectivity index (χ3n) is 3.23. The molecule has 1 rings (SSSR count). The summed E-state index contributed by atoms with van der Waals surface area (Å²) in [5, 5.41) is 13.6. The number of sulfone groups is 1. The summed E-state index contributed by atoms with van der Waals surface area (Å²) in [6, 6.07) is 3.45. The summed E-state index contributed by atoms with van der Waals surface area (Å²) < 4.78 is 23.8. The number of phenols is 1. The van der Waals surface area contributed by atoms with Crippen LogP contribution < -0.4 is 5.32 Å². The lowest BCUT2D eigenvalue weighted by Crippen LogP contribution is -2.35. The maximum Gasteiger partial charge on any atom is 0.179 e. The van der Waals surface area contributed by atoms with Gasteiger partial charge in [-0.1, -0.05) is 26.8 Å². The van der Waals surface area contributed by atoms with Crippen LogP contribution in [0, 0.1) is 0 Å². The molecule has 0 bridgehead atoms. The van der Waals surface area contributed by atoms with Crippen molar-refractivity contribution in [1.82, 2.24) is 5.32 Å². The van der Waals surface area contributed by atoms with E-state index in [9.17, 15) is 13.5 Å². The van der Waals surface area contributed by atoms with Gasteiger partial charge in [0, 0.05) is 23.9 Å². The van der Waals surface area contributed by atoms with Gasteiger partial charge in [-0.2, -0.15) is 0 Å². The fourth-order valence-electron chi connectivity index (χ4n) is 1.88. The third kappa shape index (κ3) is 5.78. The molecule has 2 N–H and O–H groups in total. The average Bonchev–Trinajstić information content (AvgIpc) is 2.23. The molecule has 4 nitrogen and oxygen atoms in total. The highest BCUT2D eigenvalue weighted by atomic mass is 35.5. The summed E-state index contributed by atoms with van der Waals surface area (Å²) in [4.78, 5) is 0.000587. The molecule has 0 aliphatic rings. The molecule has 6 heteroatoms. The van der Waals surface area contributed by atoms with E-state index in [2.05, 4.69) is 5.32 Å². The summed E-state index contributed by atoms with van der Waals surface area (Å²) in [6.45, 7) is 12.5. The van der Waals surface area contributed by atoms with Gasteiger partial charge < -0.3 is 10.4 Å². The molecule has 0 saturated heterocycles. The van der Waals surface area contributed by atoms with Crippen LogP contribution in [-0.4, -0.2) is 25.3 Å². The Bertz CT molecular complexity index is 626. The van der Waals surface area contributed by atoms with E-state index in [0.717, 1.165) is 11.8 Å². The zero-order chi connectivity index (χ0) is 16.6. The minimum absolute atomic E-state index is 0. The van der Waals surface area contributed by atoms with Crippen molar-refractivity contribution < 1.29 is 13.5 Å². The second-order valence-electron chi connectivity index (χ2n) is 7.61. The van der Waals surface area contributed by atoms with Gasteiger partial charge in [0.25, 0.3) is 0 Å². The van der Waals surface area contributed by atoms with Gasteiger partial charge in [0.05, 0.1) is 0 Å². The number of nitrogens with one attached hydrogen (secondary N) is 1. The Labute approximate surface area is 140 Å². The van der Waals surface area contributed by atoms with E-state index in [1.54, 1.807) is 6.07 Å². The Morgan fingerprint density at radius 2 is 1.59 bits per heavy atom. The largest absolute Gasteiger partial charge is 0.506 e. The smallest absolute Gasteiger partial charge is 0.179 e. The molecule has 0 spiro atoms. The highest BCUT2D eigenvalue weighted by molar-refractivity contribution is 7.90. The van der Waals surface area contributed by atoms with Gasteiger partial charge >= 0.3 is 0 Å². The first-order chi connectivity index (χ1) is 9.22. The molecule has 0 aliphatic carbocycles. The normalized spacial score (nSPS) is 12.9. The van der Waals surface area contributed by atoms with Crippen molar-refractivity contribution in [3.8, 4) is 5.75 Å². The van der Waals surface area contributed by atoms with Crippen LogP contribution in [0.3, 0.4) is 0 Å². The molecule has 0 amide bonds. The van der Waals surface area contributed by atoms with Crippen molar-refractivity contribution in [2.45, 2.75) is 63.9 Å². The average molecular weight is 350 g/mol. The predicted octanol–water partition coefficient (Wildman–Crippen LogP) is 3.40. The summed E-state index contributed by atoms with van der Waals surface area (Å²) in [6.07, 6.45) is 1.12. The molecule has 0 radical (unpaired) electrons. The lowest BCUT2D eigenvalue weighted by Gasteiger charge is -2.24. The molecule has 22 heavy (non-hydrogen) atoms. The van der Waals surface area contributed by atoms with E-state index < -0.39 is 9.84 Å². The zero-order valence-electron chi connectivity index (χ0n) is 14.4. The van der Waals surface area contributed by atoms with Gasteiger partial charge in [-0.15, -0.1) is 12.4 Å². The van der Waals surface area contributed by atoms with Gasteiger partial charge in [-0.05, 0) is 37.8 Å². The lowest BCUT2D eigenvalue weighted by atomic mass is 9.86. The Morgan fingerprint density at radius 3 is 1.95 bits per heavy atom. The van der Waals surface area contributed by atoms with E-state index in [-0.39, 0.29) is 34.0 Å². The van der Waals surface area contributed by atoms with E-state index in [4.69, 9.17) is 0 Å². The number of rotatable bonds is 3. The highest BCUT2D eigenvalue weighted by Crippen LogP contribution is 2.33. The first-order valence-electron chi connectivity index (χ1n) is 7.03. The van der Waals surface area contributed by atoms with Crippen LogP contribution in [0.2, 0.25) is 0 Å². The Morgan fingerprint density at radius 1 is 1.09 bits per heavy atom. The molecular weight excluding hydrogens is 322 g/mol. The predicted molar refractivity (Wildman–Crippen MR) is 93.8 cm³/mol. The van der Waals surface area contributed by atoms with Crippen LogP contribution in [0.1, 0.15) is 52.7 Å². The van der Waals surface area contributed by atoms with Crippen molar-refractivity contribution in [3.05, 3.63) is 23.3 Å². The van der Waals surface area contributed by atoms with Crippen LogP contribution in [0.5, 0.6) is 5.75 Å². The summed E-state index contributed by atoms with van der Waals surface area (Å²) in [5.74, 6) is -0.151. The first-order valence-corrected chi connectivity index (χ1v) is 8.92. The first kappa shape index (κ1) is 21.2. The summed E-state index contributed by atoms with van der Waals surface area (Å²) >= 11 is 0. The second kappa shape index (κ2) is 6.77. The van der Waals surface area contributed by atoms with E-state index in [1.165, 1.54) is 0 Å². The Balaban J connectivity index is 0.00000441. The van der Waals surface area contributed by atoms with Gasteiger partial charge in [-0.3, -0.25) is 0 Å². The molecule has 1 aromatic rings. The molecule has 0 atom stereocenters. The molecule has 0 saturated carbocycles. The maximum absolute atomic E-state index is 11.9. The number of hydrogen-bond donors (Lipinski definition) is 2. The van der Waals surface area contributed by atoms with Crippen LogP contribution >= 0.6 is 12.4 Å². The Hall–Kier alpha value is -0.780. The number of halogens is 1. The molecule has 0 fully saturated rings. The molecule has 0 heterocycles. The Kier molecular flexibility index (Phi) is 6.53. The van der Waals surface area contributed by atoms with Gasteiger partial charge in [0.2, 0.25) is 0 Å². The minimum Gasteiger partial charge on any atom is -0.506 e. The molecule has 0 aromatic heterocycles. The molecule has 0 aliphatic heterocycles. The number of hydrogen-bond acceptors (Lipinski definition) is 4. The highest BCUT2D eigenvalue weighted by Gasteiger charge is 2.23. The van der Waals surface area contributed by atoms with Gasteiger partial charge in [0.1, 0.15) is 10.6 Å². The van der Waals surface area contributed by atoms with Crippen molar-refractivity contribution in [3.63, 3.8) is 0 Å². The van der Waals surface area contributed by atoms with Crippen molar-refractivity contribution in [2.24, 2.45) is 0 Å². The van der Waals surface area contributed by atoms with Crippen LogP contribution in [0.25, 0.3) is 0 Å². The van der Waals surface area contributed by atoms with Crippen LogP contribution in [0.4, 0.5) is 0 Å². The quantitative estimate of drug-likeness (QED) is 0.877. The van der Waals surface area contributed by atoms with E-state index in [0.29, 0.717) is 12.1 Å². The van der Waals surface area contributed by atoms with Crippen molar-refractivity contribution in [1.29, 1.82) is 0 Å². The third-order valence-corrected chi connectivity index (χ3v) is 4.34. The second-order valence-corrected chi connectivity index (χ2v) is 9.59. The maximum atomic E-state index is 11.9. The minimum atomic E-state index is -3.47. The molecule has 0 unspecified atom stereocenters. The van der Waals surface area contributed by atoms with E-state index >= 15 is 0 Å². The SMILES string of the molecule is CC(C)(C)NCc1cc(C(C)(C)C)cc(S(C)(=O)=O)c1O.Cl. The lowest BCUT2D eigenvalue weighted by molar-refractivity contribution is 0.406. The van der Waals surface area contributed by atoms with Gasteiger partial charge in [0.15, 0.2) is 9.84 Å². The molecule has 128 valence electrons. The monoisotopic (exact) mass is 349 g/mol. The van der Waals surface area contributed by atoms with Crippen molar-refractivity contribution in [2.75, 3.05) is 6.26 Å². The number of aromatic hydroxyl groups is 1. The topological polar surface area (TPSA) is 66.4 Å². The van der Waals surface area contributed by atoms with Crippen molar-refractivity contribution >= 4 is 22.2 Å². The summed E-state index contributed by atoms with van der Waals surface area (Å²) in [7, 11) is -3.47. The molecule has 1 aromatic carbocycles. The van der Waals surface area contributed by atoms with E-state index in [1.807, 2.05) is 47.6 Å². The number of phenolic OH excluding ortho intramolecular Hbond substituents is 1. The summed E-state index contributed by atoms with van der Waals surface area (Å²) in [5.41, 5.74) is 1.20.